The normalized spacial score (nSPS) is 12.2. The Balaban J connectivity index is 1.90. The minimum atomic E-state index is -3.64. The van der Waals surface area contributed by atoms with Gasteiger partial charge in [-0.2, -0.15) is 0 Å². The molecule has 3 aromatic carbocycles. The van der Waals surface area contributed by atoms with Gasteiger partial charge in [-0.25, -0.2) is 8.42 Å². The summed E-state index contributed by atoms with van der Waals surface area (Å²) in [4.78, 5) is 28.9. The smallest absolute Gasteiger partial charge is 0.243 e. The Morgan fingerprint density at radius 1 is 0.878 bits per heavy atom. The second-order valence-electron chi connectivity index (χ2n) is 10.1. The summed E-state index contributed by atoms with van der Waals surface area (Å²) in [6, 6.07) is 20.1. The molecular weight excluding hydrogens is 605 g/mol. The molecule has 11 heteroatoms. The summed E-state index contributed by atoms with van der Waals surface area (Å²) in [6.07, 6.45) is 1.64. The molecule has 0 radical (unpaired) electrons. The van der Waals surface area contributed by atoms with Gasteiger partial charge in [0.1, 0.15) is 6.04 Å². The maximum Gasteiger partial charge on any atom is 0.243 e. The summed E-state index contributed by atoms with van der Waals surface area (Å²) in [6.45, 7) is 3.90. The van der Waals surface area contributed by atoms with Gasteiger partial charge in [-0.15, -0.1) is 0 Å². The molecule has 0 aliphatic carbocycles. The molecule has 2 amide bonds. The minimum Gasteiger partial charge on any atom is -0.352 e. The van der Waals surface area contributed by atoms with Gasteiger partial charge in [-0.1, -0.05) is 77.3 Å². The predicted molar refractivity (Wildman–Crippen MR) is 167 cm³/mol. The number of nitrogens with one attached hydrogen (secondary N) is 1. The summed E-state index contributed by atoms with van der Waals surface area (Å²) in [5, 5.41) is 4.07. The fraction of sp³-hybridized carbons (Fsp3) is 0.333. The van der Waals surface area contributed by atoms with Crippen LogP contribution in [0.15, 0.2) is 72.8 Å². The summed E-state index contributed by atoms with van der Waals surface area (Å²) in [7, 11) is -3.64. The molecule has 1 N–H and O–H groups in total. The van der Waals surface area contributed by atoms with Gasteiger partial charge < -0.3 is 10.2 Å². The number of amides is 2. The molecule has 0 saturated heterocycles. The molecule has 3 rings (SSSR count). The van der Waals surface area contributed by atoms with Crippen molar-refractivity contribution < 1.29 is 18.0 Å². The Kier molecular flexibility index (Phi) is 11.9. The monoisotopic (exact) mass is 637 g/mol. The van der Waals surface area contributed by atoms with Gasteiger partial charge >= 0.3 is 0 Å². The van der Waals surface area contributed by atoms with Gasteiger partial charge in [-0.05, 0) is 61.7 Å². The molecule has 0 bridgehead atoms. The lowest BCUT2D eigenvalue weighted by molar-refractivity contribution is -0.141. The number of benzene rings is 3. The molecule has 1 atom stereocenters. The fourth-order valence-corrected chi connectivity index (χ4v) is 5.87. The topological polar surface area (TPSA) is 86.8 Å². The maximum atomic E-state index is 13.8. The van der Waals surface area contributed by atoms with Crippen LogP contribution >= 0.6 is 34.8 Å². The molecule has 0 spiro atoms. The molecule has 0 aliphatic heterocycles. The lowest BCUT2D eigenvalue weighted by atomic mass is 10.0. The highest BCUT2D eigenvalue weighted by Gasteiger charge is 2.31. The van der Waals surface area contributed by atoms with Crippen LogP contribution in [-0.2, 0) is 32.6 Å². The van der Waals surface area contributed by atoms with Crippen LogP contribution in [0.2, 0.25) is 15.1 Å². The van der Waals surface area contributed by atoms with E-state index in [1.807, 2.05) is 44.2 Å². The van der Waals surface area contributed by atoms with E-state index in [0.717, 1.165) is 11.8 Å². The number of nitrogens with zero attached hydrogens (tertiary/aromatic N) is 2. The molecule has 0 unspecified atom stereocenters. The van der Waals surface area contributed by atoms with Gasteiger partial charge in [0.2, 0.25) is 21.8 Å². The highest BCUT2D eigenvalue weighted by atomic mass is 35.5. The van der Waals surface area contributed by atoms with Crippen LogP contribution in [0.1, 0.15) is 37.8 Å². The van der Waals surface area contributed by atoms with Gasteiger partial charge in [-0.3, -0.25) is 13.9 Å². The van der Waals surface area contributed by atoms with E-state index in [1.165, 1.54) is 9.21 Å². The van der Waals surface area contributed by atoms with Crippen molar-refractivity contribution >= 4 is 62.3 Å². The highest BCUT2D eigenvalue weighted by molar-refractivity contribution is 7.92. The quantitative estimate of drug-likeness (QED) is 0.236. The van der Waals surface area contributed by atoms with Crippen LogP contribution in [0.25, 0.3) is 0 Å². The van der Waals surface area contributed by atoms with E-state index in [1.54, 1.807) is 42.5 Å². The third-order valence-corrected chi connectivity index (χ3v) is 8.46. The molecule has 0 heterocycles. The average molecular weight is 639 g/mol. The van der Waals surface area contributed by atoms with Crippen LogP contribution in [0.5, 0.6) is 0 Å². The molecule has 0 aliphatic rings. The number of rotatable bonds is 13. The summed E-state index contributed by atoms with van der Waals surface area (Å²) >= 11 is 18.5. The first-order chi connectivity index (χ1) is 19.3. The molecule has 3 aromatic rings. The predicted octanol–water partition coefficient (Wildman–Crippen LogP) is 6.36. The van der Waals surface area contributed by atoms with E-state index in [9.17, 15) is 18.0 Å². The van der Waals surface area contributed by atoms with E-state index in [0.29, 0.717) is 32.7 Å². The van der Waals surface area contributed by atoms with E-state index in [2.05, 4.69) is 5.32 Å². The third kappa shape index (κ3) is 9.92. The minimum absolute atomic E-state index is 0.00809. The van der Waals surface area contributed by atoms with Crippen molar-refractivity contribution in [2.24, 2.45) is 0 Å². The molecule has 7 nitrogen and oxygen atoms in total. The Bertz CT molecular complexity index is 1450. The van der Waals surface area contributed by atoms with Crippen LogP contribution in [0.3, 0.4) is 0 Å². The largest absolute Gasteiger partial charge is 0.352 e. The summed E-state index contributed by atoms with van der Waals surface area (Å²) < 4.78 is 26.4. The number of hydrogen-bond donors (Lipinski definition) is 1. The molecule has 220 valence electrons. The first kappa shape index (κ1) is 32.7. The second kappa shape index (κ2) is 14.9. The number of sulfonamides is 1. The number of carbonyl (C=O) groups excluding carboxylic acids is 2. The standard InChI is InChI=1S/C30H34Cl3N3O4S/c1-21(2)34-30(38)28(18-22-9-5-4-6-10-22)35(20-23-14-15-26(32)27(33)17-23)29(37)13-8-16-36(41(3,39)40)25-12-7-11-24(31)19-25/h4-7,9-12,14-15,17,19,21,28H,8,13,16,18,20H2,1-3H3,(H,34,38)/t28-/m1/s1. The van der Waals surface area contributed by atoms with E-state index in [-0.39, 0.29) is 43.8 Å². The van der Waals surface area contributed by atoms with Crippen molar-refractivity contribution in [1.82, 2.24) is 10.2 Å². The van der Waals surface area contributed by atoms with Crippen molar-refractivity contribution in [2.75, 3.05) is 17.1 Å². The number of halogens is 3. The van der Waals surface area contributed by atoms with Crippen molar-refractivity contribution in [3.8, 4) is 0 Å². The van der Waals surface area contributed by atoms with Crippen molar-refractivity contribution in [2.45, 2.75) is 51.7 Å². The first-order valence-electron chi connectivity index (χ1n) is 13.2. The zero-order valence-corrected chi connectivity index (χ0v) is 26.3. The van der Waals surface area contributed by atoms with Gasteiger partial charge in [0.25, 0.3) is 0 Å². The van der Waals surface area contributed by atoms with Crippen molar-refractivity contribution in [1.29, 1.82) is 0 Å². The Hall–Kier alpha value is -2.78. The molecule has 0 fully saturated rings. The second-order valence-corrected chi connectivity index (χ2v) is 13.2. The van der Waals surface area contributed by atoms with Gasteiger partial charge in [0.05, 0.1) is 22.0 Å². The lowest BCUT2D eigenvalue weighted by Gasteiger charge is -2.32. The Morgan fingerprint density at radius 2 is 1.59 bits per heavy atom. The van der Waals surface area contributed by atoms with Gasteiger partial charge in [0, 0.05) is 37.0 Å². The van der Waals surface area contributed by atoms with Crippen molar-refractivity contribution in [3.05, 3.63) is 99.0 Å². The molecular formula is C30H34Cl3N3O4S. The summed E-state index contributed by atoms with van der Waals surface area (Å²) in [5.74, 6) is -0.579. The van der Waals surface area contributed by atoms with E-state index < -0.39 is 16.1 Å². The van der Waals surface area contributed by atoms with E-state index >= 15 is 0 Å². The number of hydrogen-bond acceptors (Lipinski definition) is 4. The number of anilines is 1. The number of carbonyl (C=O) groups is 2. The van der Waals surface area contributed by atoms with Crippen LogP contribution in [-0.4, -0.2) is 50.0 Å². The fourth-order valence-electron chi connectivity index (χ4n) is 4.40. The zero-order valence-electron chi connectivity index (χ0n) is 23.2. The molecule has 0 saturated carbocycles. The maximum absolute atomic E-state index is 13.8. The SMILES string of the molecule is CC(C)NC(=O)[C@@H](Cc1ccccc1)N(Cc1ccc(Cl)c(Cl)c1)C(=O)CCCN(c1cccc(Cl)c1)S(C)(=O)=O. The van der Waals surface area contributed by atoms with Gasteiger partial charge in [0.15, 0.2) is 0 Å². The Labute approximate surface area is 257 Å². The van der Waals surface area contributed by atoms with Crippen molar-refractivity contribution in [3.63, 3.8) is 0 Å². The van der Waals surface area contributed by atoms with Crippen LogP contribution in [0.4, 0.5) is 5.69 Å². The lowest BCUT2D eigenvalue weighted by Crippen LogP contribution is -2.51. The average Bonchev–Trinajstić information content (AvgIpc) is 2.90. The molecule has 0 aromatic heterocycles. The van der Waals surface area contributed by atoms with E-state index in [4.69, 9.17) is 34.8 Å². The third-order valence-electron chi connectivity index (χ3n) is 6.29. The highest BCUT2D eigenvalue weighted by Crippen LogP contribution is 2.26. The Morgan fingerprint density at radius 3 is 2.20 bits per heavy atom. The van der Waals surface area contributed by atoms with Crippen LogP contribution < -0.4 is 9.62 Å². The summed E-state index contributed by atoms with van der Waals surface area (Å²) in [5.41, 5.74) is 2.02. The van der Waals surface area contributed by atoms with Crippen LogP contribution in [0, 0.1) is 0 Å². The first-order valence-corrected chi connectivity index (χ1v) is 16.1. The molecule has 41 heavy (non-hydrogen) atoms. The zero-order chi connectivity index (χ0) is 30.2.